The minimum atomic E-state index is 0.0735. The largest absolute Gasteiger partial charge is 0.294 e. The summed E-state index contributed by atoms with van der Waals surface area (Å²) in [5.74, 6) is 0.268. The molecule has 0 aliphatic heterocycles. The monoisotopic (exact) mass is 194 g/mol. The summed E-state index contributed by atoms with van der Waals surface area (Å²) in [6, 6.07) is 7.66. The van der Waals surface area contributed by atoms with Crippen LogP contribution < -0.4 is 0 Å². The lowest BCUT2D eigenvalue weighted by Gasteiger charge is -1.98. The van der Waals surface area contributed by atoms with Crippen molar-refractivity contribution in [3.63, 3.8) is 0 Å². The van der Waals surface area contributed by atoms with Crippen LogP contribution in [0.1, 0.15) is 22.3 Å². The number of ketones is 1. The van der Waals surface area contributed by atoms with E-state index in [-0.39, 0.29) is 17.1 Å². The maximum atomic E-state index is 11.6. The number of benzene rings is 1. The van der Waals surface area contributed by atoms with Gasteiger partial charge in [0.1, 0.15) is 0 Å². The molecule has 2 rings (SSSR count). The van der Waals surface area contributed by atoms with Gasteiger partial charge in [0.2, 0.25) is 0 Å². The number of halogens is 1. The molecule has 0 radical (unpaired) electrons. The lowest BCUT2D eigenvalue weighted by molar-refractivity contribution is 0.0968. The predicted molar refractivity (Wildman–Crippen MR) is 53.3 cm³/mol. The number of carbonyl (C=O) groups excluding carboxylic acids is 1. The fourth-order valence-corrected chi connectivity index (χ4v) is 1.67. The molecule has 0 aromatic heterocycles. The zero-order valence-corrected chi connectivity index (χ0v) is 8.21. The van der Waals surface area contributed by atoms with Crippen LogP contribution in [0.3, 0.4) is 0 Å². The Bertz CT molecular complexity index is 328. The molecule has 0 N–H and O–H groups in total. The second kappa shape index (κ2) is 3.15. The highest BCUT2D eigenvalue weighted by Gasteiger charge is 2.41. The van der Waals surface area contributed by atoms with Crippen LogP contribution in [0.25, 0.3) is 0 Å². The van der Waals surface area contributed by atoms with Crippen LogP contribution in [0.2, 0.25) is 0 Å². The quantitative estimate of drug-likeness (QED) is 0.523. The first-order valence-electron chi connectivity index (χ1n) is 4.43. The maximum Gasteiger partial charge on any atom is 0.167 e. The van der Waals surface area contributed by atoms with E-state index in [2.05, 4.69) is 0 Å². The van der Waals surface area contributed by atoms with E-state index >= 15 is 0 Å². The maximum absolute atomic E-state index is 11.6. The number of rotatable bonds is 2. The van der Waals surface area contributed by atoms with Crippen molar-refractivity contribution in [2.45, 2.75) is 18.7 Å². The summed E-state index contributed by atoms with van der Waals surface area (Å²) in [6.45, 7) is 2.01. The smallest absolute Gasteiger partial charge is 0.167 e. The van der Waals surface area contributed by atoms with Crippen LogP contribution in [-0.4, -0.2) is 11.2 Å². The molecule has 68 valence electrons. The van der Waals surface area contributed by atoms with Crippen LogP contribution in [-0.2, 0) is 0 Å². The third-order valence-corrected chi connectivity index (χ3v) is 2.87. The van der Waals surface area contributed by atoms with Crippen LogP contribution in [0.4, 0.5) is 0 Å². The van der Waals surface area contributed by atoms with E-state index < -0.39 is 0 Å². The second-order valence-electron chi connectivity index (χ2n) is 3.59. The first-order valence-corrected chi connectivity index (χ1v) is 4.87. The Kier molecular flexibility index (Phi) is 2.12. The molecule has 2 unspecified atom stereocenters. The highest BCUT2D eigenvalue weighted by molar-refractivity contribution is 6.25. The Morgan fingerprint density at radius 3 is 2.38 bits per heavy atom. The van der Waals surface area contributed by atoms with Crippen molar-refractivity contribution in [2.75, 3.05) is 0 Å². The van der Waals surface area contributed by atoms with E-state index in [1.807, 2.05) is 31.2 Å². The fraction of sp³-hybridized carbons (Fsp3) is 0.364. The van der Waals surface area contributed by atoms with Crippen molar-refractivity contribution in [1.82, 2.24) is 0 Å². The number of Topliss-reactive ketones (excluding diaryl/α,β-unsaturated/α-hetero) is 1. The molecule has 1 fully saturated rings. The van der Waals surface area contributed by atoms with E-state index in [0.717, 1.165) is 12.0 Å². The summed E-state index contributed by atoms with van der Waals surface area (Å²) < 4.78 is 0. The molecule has 1 aliphatic carbocycles. The minimum absolute atomic E-state index is 0.0735. The third kappa shape index (κ3) is 1.75. The standard InChI is InChI=1S/C11H11ClO/c1-7-2-4-8(5-3-7)11(13)9-6-10(9)12/h2-5,9-10H,6H2,1H3. The molecule has 0 saturated heterocycles. The fourth-order valence-electron chi connectivity index (χ4n) is 1.37. The molecule has 0 spiro atoms. The molecule has 2 heteroatoms. The Balaban J connectivity index is 2.17. The van der Waals surface area contributed by atoms with Gasteiger partial charge >= 0.3 is 0 Å². The molecule has 1 aromatic carbocycles. The Hall–Kier alpha value is -0.820. The molecule has 1 nitrogen and oxygen atoms in total. The van der Waals surface area contributed by atoms with Gasteiger partial charge in [-0.1, -0.05) is 29.8 Å². The summed E-state index contributed by atoms with van der Waals surface area (Å²) in [4.78, 5) is 11.6. The van der Waals surface area contributed by atoms with Crippen LogP contribution >= 0.6 is 11.6 Å². The summed E-state index contributed by atoms with van der Waals surface area (Å²) in [5, 5.41) is 0.0776. The highest BCUT2D eigenvalue weighted by atomic mass is 35.5. The molecule has 1 saturated carbocycles. The average molecular weight is 195 g/mol. The van der Waals surface area contributed by atoms with Crippen molar-refractivity contribution in [3.8, 4) is 0 Å². The van der Waals surface area contributed by atoms with E-state index in [4.69, 9.17) is 11.6 Å². The van der Waals surface area contributed by atoms with Crippen molar-refractivity contribution in [1.29, 1.82) is 0 Å². The third-order valence-electron chi connectivity index (χ3n) is 2.39. The normalized spacial score (nSPS) is 25.7. The van der Waals surface area contributed by atoms with Gasteiger partial charge in [0.25, 0.3) is 0 Å². The van der Waals surface area contributed by atoms with E-state index in [1.54, 1.807) is 0 Å². The topological polar surface area (TPSA) is 17.1 Å². The van der Waals surface area contributed by atoms with Gasteiger partial charge in [0.15, 0.2) is 5.78 Å². The van der Waals surface area contributed by atoms with Crippen molar-refractivity contribution >= 4 is 17.4 Å². The first-order chi connectivity index (χ1) is 6.18. The van der Waals surface area contributed by atoms with Gasteiger partial charge < -0.3 is 0 Å². The molecule has 1 aliphatic rings. The molecule has 0 amide bonds. The Morgan fingerprint density at radius 1 is 1.38 bits per heavy atom. The van der Waals surface area contributed by atoms with Gasteiger partial charge in [0.05, 0.1) is 0 Å². The van der Waals surface area contributed by atoms with Gasteiger partial charge in [-0.05, 0) is 13.3 Å². The molecular weight excluding hydrogens is 184 g/mol. The van der Waals surface area contributed by atoms with Crippen molar-refractivity contribution in [3.05, 3.63) is 35.4 Å². The zero-order valence-electron chi connectivity index (χ0n) is 7.46. The Morgan fingerprint density at radius 2 is 1.92 bits per heavy atom. The van der Waals surface area contributed by atoms with Crippen molar-refractivity contribution in [2.24, 2.45) is 5.92 Å². The van der Waals surface area contributed by atoms with Gasteiger partial charge in [-0.3, -0.25) is 4.79 Å². The number of aryl methyl sites for hydroxylation is 1. The summed E-state index contributed by atoms with van der Waals surface area (Å²) >= 11 is 5.81. The van der Waals surface area contributed by atoms with Crippen LogP contribution in [0.15, 0.2) is 24.3 Å². The minimum Gasteiger partial charge on any atom is -0.294 e. The lowest BCUT2D eigenvalue weighted by atomic mass is 10.1. The SMILES string of the molecule is Cc1ccc(C(=O)C2CC2Cl)cc1. The van der Waals surface area contributed by atoms with E-state index in [9.17, 15) is 4.79 Å². The predicted octanol–water partition coefficient (Wildman–Crippen LogP) is 2.81. The average Bonchev–Trinajstić information content (AvgIpc) is 2.83. The van der Waals surface area contributed by atoms with Gasteiger partial charge in [-0.25, -0.2) is 0 Å². The Labute approximate surface area is 82.7 Å². The molecule has 13 heavy (non-hydrogen) atoms. The van der Waals surface area contributed by atoms with Gasteiger partial charge in [0, 0.05) is 16.9 Å². The summed E-state index contributed by atoms with van der Waals surface area (Å²) in [5.41, 5.74) is 1.97. The van der Waals surface area contributed by atoms with Crippen LogP contribution in [0, 0.1) is 12.8 Å². The second-order valence-corrected chi connectivity index (χ2v) is 4.15. The highest BCUT2D eigenvalue weighted by Crippen LogP contribution is 2.38. The molecule has 0 bridgehead atoms. The molecule has 0 heterocycles. The van der Waals surface area contributed by atoms with Crippen molar-refractivity contribution < 1.29 is 4.79 Å². The van der Waals surface area contributed by atoms with E-state index in [0.29, 0.717) is 0 Å². The van der Waals surface area contributed by atoms with Gasteiger partial charge in [-0.15, -0.1) is 11.6 Å². The van der Waals surface area contributed by atoms with Gasteiger partial charge in [-0.2, -0.15) is 0 Å². The summed E-state index contributed by atoms with van der Waals surface area (Å²) in [7, 11) is 0. The molecular formula is C11H11ClO. The number of hydrogen-bond acceptors (Lipinski definition) is 1. The van der Waals surface area contributed by atoms with Crippen LogP contribution in [0.5, 0.6) is 0 Å². The number of carbonyl (C=O) groups is 1. The summed E-state index contributed by atoms with van der Waals surface area (Å²) in [6.07, 6.45) is 0.842. The number of hydrogen-bond donors (Lipinski definition) is 0. The van der Waals surface area contributed by atoms with E-state index in [1.165, 1.54) is 5.56 Å². The number of alkyl halides is 1. The molecule has 1 aromatic rings. The molecule has 2 atom stereocenters. The first kappa shape index (κ1) is 8.76. The lowest BCUT2D eigenvalue weighted by Crippen LogP contribution is -2.02. The zero-order chi connectivity index (χ0) is 9.42.